The maximum absolute atomic E-state index is 12.0. The number of carbonyl (C=O) groups excluding carboxylic acids is 1. The summed E-state index contributed by atoms with van der Waals surface area (Å²) in [5.41, 5.74) is 7.39. The fraction of sp³-hybridized carbons (Fsp3) is 0.136. The highest BCUT2D eigenvalue weighted by Gasteiger charge is 2.20. The molecule has 23 heavy (non-hydrogen) atoms. The van der Waals surface area contributed by atoms with Crippen molar-refractivity contribution < 1.29 is 4.79 Å². The van der Waals surface area contributed by atoms with E-state index in [1.54, 1.807) is 0 Å². The monoisotopic (exact) mass is 298 g/mol. The van der Waals surface area contributed by atoms with Crippen molar-refractivity contribution in [2.24, 2.45) is 0 Å². The van der Waals surface area contributed by atoms with Gasteiger partial charge in [0.15, 0.2) is 0 Å². The number of rotatable bonds is 2. The first-order valence-corrected chi connectivity index (χ1v) is 8.10. The number of hydrogen-bond acceptors (Lipinski definition) is 1. The molecule has 0 radical (unpaired) electrons. The van der Waals surface area contributed by atoms with Crippen LogP contribution in [0.4, 0.5) is 0 Å². The van der Waals surface area contributed by atoms with E-state index in [-0.39, 0.29) is 0 Å². The molecule has 1 aliphatic carbocycles. The summed E-state index contributed by atoms with van der Waals surface area (Å²) in [6.07, 6.45) is 2.11. The Morgan fingerprint density at radius 3 is 2.13 bits per heavy atom. The molecule has 0 atom stereocenters. The third-order valence-corrected chi connectivity index (χ3v) is 4.62. The molecule has 0 fully saturated rings. The highest BCUT2D eigenvalue weighted by molar-refractivity contribution is 5.90. The van der Waals surface area contributed by atoms with E-state index in [2.05, 4.69) is 66.7 Å². The molecule has 1 aliphatic rings. The molecule has 0 spiro atoms. The molecule has 0 bridgehead atoms. The number of fused-ring (bicyclic) bond motifs is 1. The lowest BCUT2D eigenvalue weighted by Crippen LogP contribution is -2.14. The van der Waals surface area contributed by atoms with Crippen LogP contribution in [0, 0.1) is 0 Å². The maximum Gasteiger partial charge on any atom is 0.137 e. The van der Waals surface area contributed by atoms with E-state index in [1.165, 1.54) is 33.4 Å². The maximum atomic E-state index is 12.0. The van der Waals surface area contributed by atoms with E-state index >= 15 is 0 Å². The van der Waals surface area contributed by atoms with Crippen molar-refractivity contribution in [1.82, 2.24) is 0 Å². The molecule has 0 N–H and O–H groups in total. The molecule has 3 aromatic rings. The van der Waals surface area contributed by atoms with E-state index in [1.807, 2.05) is 6.07 Å². The van der Waals surface area contributed by atoms with Gasteiger partial charge in [0.1, 0.15) is 5.78 Å². The summed E-state index contributed by atoms with van der Waals surface area (Å²) in [5, 5.41) is 0. The Morgan fingerprint density at radius 2 is 1.30 bits per heavy atom. The van der Waals surface area contributed by atoms with Crippen LogP contribution in [0.2, 0.25) is 0 Å². The van der Waals surface area contributed by atoms with Gasteiger partial charge in [-0.3, -0.25) is 4.79 Å². The summed E-state index contributed by atoms with van der Waals surface area (Å²) >= 11 is 0. The second kappa shape index (κ2) is 5.85. The normalized spacial score (nSPS) is 13.7. The highest BCUT2D eigenvalue weighted by Crippen LogP contribution is 2.36. The summed E-state index contributed by atoms with van der Waals surface area (Å²) in [5.74, 6) is 0.349. The van der Waals surface area contributed by atoms with E-state index < -0.39 is 0 Å². The zero-order valence-corrected chi connectivity index (χ0v) is 13.0. The third kappa shape index (κ3) is 2.59. The fourth-order valence-corrected chi connectivity index (χ4v) is 3.48. The molecule has 4 rings (SSSR count). The second-order valence-corrected chi connectivity index (χ2v) is 6.07. The SMILES string of the molecule is O=C1CCc2cccc(-c3ccccc3-c3ccccc3)c2C1. The van der Waals surface area contributed by atoms with Gasteiger partial charge in [0, 0.05) is 12.8 Å². The first kappa shape index (κ1) is 14.0. The molecule has 3 aromatic carbocycles. The average molecular weight is 298 g/mol. The molecule has 1 nitrogen and oxygen atoms in total. The largest absolute Gasteiger partial charge is 0.299 e. The number of carbonyl (C=O) groups is 1. The van der Waals surface area contributed by atoms with E-state index in [0.717, 1.165) is 6.42 Å². The molecular formula is C22H18O. The van der Waals surface area contributed by atoms with Crippen LogP contribution in [0.3, 0.4) is 0 Å². The van der Waals surface area contributed by atoms with E-state index in [4.69, 9.17) is 0 Å². The van der Waals surface area contributed by atoms with Crippen LogP contribution in [0.5, 0.6) is 0 Å². The Morgan fingerprint density at radius 1 is 0.609 bits per heavy atom. The Labute approximate surface area is 136 Å². The Kier molecular flexibility index (Phi) is 3.55. The molecular weight excluding hydrogens is 280 g/mol. The molecule has 0 saturated heterocycles. The van der Waals surface area contributed by atoms with Crippen molar-refractivity contribution in [3.63, 3.8) is 0 Å². The predicted octanol–water partition coefficient (Wildman–Crippen LogP) is 5.08. The lowest BCUT2D eigenvalue weighted by Gasteiger charge is -2.20. The van der Waals surface area contributed by atoms with Crippen molar-refractivity contribution >= 4 is 5.78 Å². The van der Waals surface area contributed by atoms with Gasteiger partial charge in [-0.15, -0.1) is 0 Å². The molecule has 0 unspecified atom stereocenters. The van der Waals surface area contributed by atoms with Gasteiger partial charge < -0.3 is 0 Å². The summed E-state index contributed by atoms with van der Waals surface area (Å²) in [4.78, 5) is 12.0. The van der Waals surface area contributed by atoms with Crippen molar-refractivity contribution in [1.29, 1.82) is 0 Å². The number of ketones is 1. The van der Waals surface area contributed by atoms with E-state index in [9.17, 15) is 4.79 Å². The number of benzene rings is 3. The van der Waals surface area contributed by atoms with E-state index in [0.29, 0.717) is 18.6 Å². The van der Waals surface area contributed by atoms with Gasteiger partial charge in [-0.1, -0.05) is 72.8 Å². The Bertz CT molecular complexity index is 862. The minimum absolute atomic E-state index is 0.349. The van der Waals surface area contributed by atoms with Crippen LogP contribution < -0.4 is 0 Å². The molecule has 0 saturated carbocycles. The first-order chi connectivity index (χ1) is 11.3. The van der Waals surface area contributed by atoms with Crippen LogP contribution in [0.15, 0.2) is 72.8 Å². The molecule has 1 heteroatoms. The number of Topliss-reactive ketones (excluding diaryl/α,β-unsaturated/α-hetero) is 1. The van der Waals surface area contributed by atoms with Crippen molar-refractivity contribution in [3.05, 3.63) is 83.9 Å². The van der Waals surface area contributed by atoms with Crippen LogP contribution in [0.1, 0.15) is 17.5 Å². The lowest BCUT2D eigenvalue weighted by molar-refractivity contribution is -0.118. The fourth-order valence-electron chi connectivity index (χ4n) is 3.48. The standard InChI is InChI=1S/C22H18O/c23-18-14-13-17-9-6-12-21(22(17)15-18)20-11-5-4-10-19(20)16-7-2-1-3-8-16/h1-12H,13-15H2. The summed E-state index contributed by atoms with van der Waals surface area (Å²) in [7, 11) is 0. The van der Waals surface area contributed by atoms with Crippen LogP contribution in [-0.4, -0.2) is 5.78 Å². The number of hydrogen-bond donors (Lipinski definition) is 0. The Hall–Kier alpha value is -2.67. The zero-order valence-electron chi connectivity index (χ0n) is 13.0. The van der Waals surface area contributed by atoms with Gasteiger partial charge >= 0.3 is 0 Å². The Balaban J connectivity index is 1.92. The molecule has 0 amide bonds. The van der Waals surface area contributed by atoms with Crippen molar-refractivity contribution in [3.8, 4) is 22.3 Å². The minimum Gasteiger partial charge on any atom is -0.299 e. The summed E-state index contributed by atoms with van der Waals surface area (Å²) < 4.78 is 0. The summed E-state index contributed by atoms with van der Waals surface area (Å²) in [6.45, 7) is 0. The van der Waals surface area contributed by atoms with Gasteiger partial charge in [-0.25, -0.2) is 0 Å². The molecule has 0 aromatic heterocycles. The minimum atomic E-state index is 0.349. The van der Waals surface area contributed by atoms with Crippen molar-refractivity contribution in [2.45, 2.75) is 19.3 Å². The van der Waals surface area contributed by atoms with Crippen LogP contribution >= 0.6 is 0 Å². The zero-order chi connectivity index (χ0) is 15.6. The smallest absolute Gasteiger partial charge is 0.137 e. The topological polar surface area (TPSA) is 17.1 Å². The third-order valence-electron chi connectivity index (χ3n) is 4.62. The number of aryl methyl sites for hydroxylation is 1. The molecule has 112 valence electrons. The molecule has 0 aliphatic heterocycles. The second-order valence-electron chi connectivity index (χ2n) is 6.07. The average Bonchev–Trinajstić information content (AvgIpc) is 2.62. The molecule has 0 heterocycles. The summed E-state index contributed by atoms with van der Waals surface area (Å²) in [6, 6.07) is 25.4. The van der Waals surface area contributed by atoms with Crippen LogP contribution in [-0.2, 0) is 17.6 Å². The van der Waals surface area contributed by atoms with Gasteiger partial charge in [-0.05, 0) is 39.8 Å². The quantitative estimate of drug-likeness (QED) is 0.645. The lowest BCUT2D eigenvalue weighted by atomic mass is 9.83. The van der Waals surface area contributed by atoms with Gasteiger partial charge in [0.25, 0.3) is 0 Å². The van der Waals surface area contributed by atoms with Gasteiger partial charge in [0.2, 0.25) is 0 Å². The predicted molar refractivity (Wildman–Crippen MR) is 94.3 cm³/mol. The van der Waals surface area contributed by atoms with Crippen molar-refractivity contribution in [2.75, 3.05) is 0 Å². The first-order valence-electron chi connectivity index (χ1n) is 8.10. The van der Waals surface area contributed by atoms with Crippen LogP contribution in [0.25, 0.3) is 22.3 Å². The highest BCUT2D eigenvalue weighted by atomic mass is 16.1. The van der Waals surface area contributed by atoms with Gasteiger partial charge in [0.05, 0.1) is 0 Å². The van der Waals surface area contributed by atoms with Gasteiger partial charge in [-0.2, -0.15) is 0 Å².